The zero-order valence-corrected chi connectivity index (χ0v) is 19.5. The van der Waals surface area contributed by atoms with Crippen molar-refractivity contribution in [2.24, 2.45) is 0 Å². The van der Waals surface area contributed by atoms with Crippen molar-refractivity contribution in [3.05, 3.63) is 65.7 Å². The SMILES string of the molecule is CCC(C(=O)N1CCC(NC(=O)c2ccc(N3CCC(O)CC3)cc2)CC1)c1ccccc1. The maximum absolute atomic E-state index is 13.1. The number of piperidine rings is 2. The molecule has 2 heterocycles. The van der Waals surface area contributed by atoms with Gasteiger partial charge in [-0.2, -0.15) is 0 Å². The van der Waals surface area contributed by atoms with Crippen LogP contribution >= 0.6 is 0 Å². The van der Waals surface area contributed by atoms with Gasteiger partial charge in [0.25, 0.3) is 5.91 Å². The third-order valence-electron chi connectivity index (χ3n) is 7.01. The van der Waals surface area contributed by atoms with Gasteiger partial charge in [0.05, 0.1) is 12.0 Å². The van der Waals surface area contributed by atoms with Crippen LogP contribution in [0.5, 0.6) is 0 Å². The van der Waals surface area contributed by atoms with Gasteiger partial charge in [-0.15, -0.1) is 0 Å². The molecule has 0 aromatic heterocycles. The fourth-order valence-corrected chi connectivity index (χ4v) is 4.92. The number of likely N-dealkylation sites (tertiary alicyclic amines) is 1. The summed E-state index contributed by atoms with van der Waals surface area (Å²) in [6.07, 6.45) is 3.71. The van der Waals surface area contributed by atoms with Gasteiger partial charge in [0.2, 0.25) is 5.91 Å². The molecule has 2 aromatic carbocycles. The molecule has 4 rings (SSSR count). The molecular formula is C27H35N3O3. The molecule has 1 unspecified atom stereocenters. The Bertz CT molecular complexity index is 915. The largest absolute Gasteiger partial charge is 0.393 e. The molecular weight excluding hydrogens is 414 g/mol. The summed E-state index contributed by atoms with van der Waals surface area (Å²) >= 11 is 0. The van der Waals surface area contributed by atoms with E-state index in [1.165, 1.54) is 0 Å². The summed E-state index contributed by atoms with van der Waals surface area (Å²) in [5, 5.41) is 12.8. The van der Waals surface area contributed by atoms with Crippen LogP contribution in [0.3, 0.4) is 0 Å². The number of hydrogen-bond donors (Lipinski definition) is 2. The summed E-state index contributed by atoms with van der Waals surface area (Å²) in [6, 6.07) is 17.8. The van der Waals surface area contributed by atoms with Crippen molar-refractivity contribution < 1.29 is 14.7 Å². The Morgan fingerprint density at radius 2 is 1.58 bits per heavy atom. The van der Waals surface area contributed by atoms with Gasteiger partial charge in [-0.05, 0) is 61.9 Å². The average molecular weight is 450 g/mol. The molecule has 2 aromatic rings. The first kappa shape index (κ1) is 23.3. The van der Waals surface area contributed by atoms with Gasteiger partial charge in [-0.25, -0.2) is 0 Å². The Morgan fingerprint density at radius 1 is 0.939 bits per heavy atom. The molecule has 33 heavy (non-hydrogen) atoms. The van der Waals surface area contributed by atoms with E-state index in [-0.39, 0.29) is 29.9 Å². The Morgan fingerprint density at radius 3 is 2.18 bits per heavy atom. The Kier molecular flexibility index (Phi) is 7.65. The summed E-state index contributed by atoms with van der Waals surface area (Å²) in [5.41, 5.74) is 2.82. The number of nitrogens with one attached hydrogen (secondary N) is 1. The molecule has 0 bridgehead atoms. The van der Waals surface area contributed by atoms with Gasteiger partial charge in [0.15, 0.2) is 0 Å². The lowest BCUT2D eigenvalue weighted by atomic mass is 9.93. The first-order chi connectivity index (χ1) is 16.0. The van der Waals surface area contributed by atoms with Gasteiger partial charge in [0, 0.05) is 43.5 Å². The maximum Gasteiger partial charge on any atom is 0.251 e. The van der Waals surface area contributed by atoms with E-state index in [2.05, 4.69) is 17.1 Å². The molecule has 176 valence electrons. The highest BCUT2D eigenvalue weighted by molar-refractivity contribution is 5.94. The van der Waals surface area contributed by atoms with Crippen LogP contribution in [0.25, 0.3) is 0 Å². The van der Waals surface area contributed by atoms with Crippen LogP contribution in [0, 0.1) is 0 Å². The molecule has 0 radical (unpaired) electrons. The van der Waals surface area contributed by atoms with E-state index in [1.807, 2.05) is 59.5 Å². The van der Waals surface area contributed by atoms with Gasteiger partial charge < -0.3 is 20.2 Å². The topological polar surface area (TPSA) is 72.9 Å². The number of carbonyl (C=O) groups excluding carboxylic acids is 2. The highest BCUT2D eigenvalue weighted by Crippen LogP contribution is 2.24. The normalized spacial score (nSPS) is 18.7. The van der Waals surface area contributed by atoms with Crippen molar-refractivity contribution in [2.75, 3.05) is 31.1 Å². The fourth-order valence-electron chi connectivity index (χ4n) is 4.92. The zero-order chi connectivity index (χ0) is 23.2. The van der Waals surface area contributed by atoms with E-state index in [0.717, 1.165) is 56.4 Å². The lowest BCUT2D eigenvalue weighted by Crippen LogP contribution is -2.47. The van der Waals surface area contributed by atoms with Crippen molar-refractivity contribution in [3.8, 4) is 0 Å². The molecule has 2 aliphatic rings. The molecule has 6 nitrogen and oxygen atoms in total. The van der Waals surface area contributed by atoms with Gasteiger partial charge in [-0.1, -0.05) is 37.3 Å². The second kappa shape index (κ2) is 10.8. The van der Waals surface area contributed by atoms with Crippen molar-refractivity contribution in [2.45, 2.75) is 57.1 Å². The highest BCUT2D eigenvalue weighted by Gasteiger charge is 2.29. The number of nitrogens with zero attached hydrogens (tertiary/aromatic N) is 2. The first-order valence-electron chi connectivity index (χ1n) is 12.2. The number of amides is 2. The third-order valence-corrected chi connectivity index (χ3v) is 7.01. The van der Waals surface area contributed by atoms with Crippen molar-refractivity contribution >= 4 is 17.5 Å². The lowest BCUT2D eigenvalue weighted by molar-refractivity contribution is -0.134. The van der Waals surface area contributed by atoms with Crippen LogP contribution in [0.2, 0.25) is 0 Å². The molecule has 0 aliphatic carbocycles. The van der Waals surface area contributed by atoms with E-state index in [1.54, 1.807) is 0 Å². The average Bonchev–Trinajstić information content (AvgIpc) is 2.86. The van der Waals surface area contributed by atoms with E-state index in [9.17, 15) is 14.7 Å². The summed E-state index contributed by atoms with van der Waals surface area (Å²) in [5.74, 6) is 0.0319. The third kappa shape index (κ3) is 5.74. The van der Waals surface area contributed by atoms with Crippen molar-refractivity contribution in [1.29, 1.82) is 0 Å². The standard InChI is InChI=1S/C27H35N3O3/c1-2-25(20-6-4-3-5-7-20)27(33)30-16-12-22(13-17-30)28-26(32)21-8-10-23(11-9-21)29-18-14-24(31)15-19-29/h3-11,22,24-25,31H,2,12-19H2,1H3,(H,28,32). The van der Waals surface area contributed by atoms with Gasteiger partial charge in [0.1, 0.15) is 0 Å². The molecule has 1 atom stereocenters. The quantitative estimate of drug-likeness (QED) is 0.707. The van der Waals surface area contributed by atoms with Crippen LogP contribution in [0.1, 0.15) is 60.9 Å². The number of aliphatic hydroxyl groups excluding tert-OH is 1. The Balaban J connectivity index is 1.27. The van der Waals surface area contributed by atoms with Crippen LogP contribution in [-0.2, 0) is 4.79 Å². The second-order valence-electron chi connectivity index (χ2n) is 9.21. The second-order valence-corrected chi connectivity index (χ2v) is 9.21. The molecule has 2 amide bonds. The minimum absolute atomic E-state index is 0.0592. The van der Waals surface area contributed by atoms with Crippen LogP contribution in [0.4, 0.5) is 5.69 Å². The maximum atomic E-state index is 13.1. The lowest BCUT2D eigenvalue weighted by Gasteiger charge is -2.34. The number of anilines is 1. The predicted octanol–water partition coefficient (Wildman–Crippen LogP) is 3.56. The number of carbonyl (C=O) groups is 2. The number of rotatable bonds is 6. The summed E-state index contributed by atoms with van der Waals surface area (Å²) in [6.45, 7) is 5.09. The Hall–Kier alpha value is -2.86. The van der Waals surface area contributed by atoms with Crippen molar-refractivity contribution in [1.82, 2.24) is 10.2 Å². The molecule has 0 spiro atoms. The van der Waals surface area contributed by atoms with Crippen LogP contribution in [-0.4, -0.2) is 60.1 Å². The minimum atomic E-state index is -0.195. The van der Waals surface area contributed by atoms with Gasteiger partial charge in [-0.3, -0.25) is 9.59 Å². The molecule has 2 N–H and O–H groups in total. The van der Waals surface area contributed by atoms with Crippen LogP contribution in [0.15, 0.2) is 54.6 Å². The zero-order valence-electron chi connectivity index (χ0n) is 19.5. The smallest absolute Gasteiger partial charge is 0.251 e. The number of hydrogen-bond acceptors (Lipinski definition) is 4. The summed E-state index contributed by atoms with van der Waals surface area (Å²) < 4.78 is 0. The highest BCUT2D eigenvalue weighted by atomic mass is 16.3. The summed E-state index contributed by atoms with van der Waals surface area (Å²) in [4.78, 5) is 30.0. The van der Waals surface area contributed by atoms with Crippen molar-refractivity contribution in [3.63, 3.8) is 0 Å². The van der Waals surface area contributed by atoms with Gasteiger partial charge >= 0.3 is 0 Å². The molecule has 2 saturated heterocycles. The van der Waals surface area contributed by atoms with E-state index in [4.69, 9.17) is 0 Å². The molecule has 0 saturated carbocycles. The molecule has 6 heteroatoms. The van der Waals surface area contributed by atoms with E-state index >= 15 is 0 Å². The molecule has 2 aliphatic heterocycles. The van der Waals surface area contributed by atoms with E-state index < -0.39 is 0 Å². The predicted molar refractivity (Wildman–Crippen MR) is 130 cm³/mol. The Labute approximate surface area is 196 Å². The molecule has 2 fully saturated rings. The first-order valence-corrected chi connectivity index (χ1v) is 12.2. The summed E-state index contributed by atoms with van der Waals surface area (Å²) in [7, 11) is 0. The number of aliphatic hydroxyl groups is 1. The fraction of sp³-hybridized carbons (Fsp3) is 0.481. The van der Waals surface area contributed by atoms with Crippen LogP contribution < -0.4 is 10.2 Å². The monoisotopic (exact) mass is 449 g/mol. The number of benzene rings is 2. The minimum Gasteiger partial charge on any atom is -0.393 e. The van der Waals surface area contributed by atoms with E-state index in [0.29, 0.717) is 18.7 Å².